The Bertz CT molecular complexity index is 638. The van der Waals surface area contributed by atoms with Gasteiger partial charge >= 0.3 is 5.97 Å². The van der Waals surface area contributed by atoms with Crippen molar-refractivity contribution in [1.82, 2.24) is 9.80 Å². The summed E-state index contributed by atoms with van der Waals surface area (Å²) >= 11 is 1.74. The maximum atomic E-state index is 13.4. The number of rotatable bonds is 7. The van der Waals surface area contributed by atoms with Crippen molar-refractivity contribution in [2.75, 3.05) is 26.2 Å². The quantitative estimate of drug-likeness (QED) is 0.772. The molecule has 0 atom stereocenters. The van der Waals surface area contributed by atoms with Gasteiger partial charge in [0.05, 0.1) is 11.3 Å². The Labute approximate surface area is 166 Å². The number of likely N-dealkylation sites (tertiary alicyclic amines) is 1. The monoisotopic (exact) mass is 390 g/mol. The van der Waals surface area contributed by atoms with Gasteiger partial charge in [-0.05, 0) is 44.4 Å². The number of piperidine rings is 1. The number of carbonyl (C=O) groups excluding carboxylic acids is 1. The van der Waals surface area contributed by atoms with Gasteiger partial charge in [0.2, 0.25) is 5.91 Å². The van der Waals surface area contributed by atoms with E-state index in [9.17, 15) is 9.59 Å². The van der Waals surface area contributed by atoms with Crippen molar-refractivity contribution >= 4 is 23.6 Å². The lowest BCUT2D eigenvalue weighted by Crippen LogP contribution is -2.52. The first kappa shape index (κ1) is 20.2. The molecule has 0 bridgehead atoms. The fourth-order valence-corrected chi connectivity index (χ4v) is 5.87. The number of nitrogens with zero attached hydrogens (tertiary/aromatic N) is 2. The van der Waals surface area contributed by atoms with Crippen LogP contribution in [0, 0.1) is 0 Å². The maximum Gasteiger partial charge on any atom is 0.317 e. The number of carboxylic acids is 1. The first-order valence-corrected chi connectivity index (χ1v) is 10.8. The highest BCUT2D eigenvalue weighted by atomic mass is 32.2. The summed E-state index contributed by atoms with van der Waals surface area (Å²) in [6.45, 7) is 4.29. The largest absolute Gasteiger partial charge is 0.480 e. The molecule has 1 saturated heterocycles. The number of hydrogen-bond donors (Lipinski definition) is 1. The zero-order chi connectivity index (χ0) is 19.3. The zero-order valence-corrected chi connectivity index (χ0v) is 16.9. The highest BCUT2D eigenvalue weighted by Crippen LogP contribution is 2.46. The fraction of sp³-hybridized carbons (Fsp3) is 0.619. The fourth-order valence-electron chi connectivity index (χ4n) is 4.41. The third kappa shape index (κ3) is 4.85. The number of aliphatic carboxylic acids is 1. The highest BCUT2D eigenvalue weighted by Gasteiger charge is 2.45. The van der Waals surface area contributed by atoms with E-state index in [0.29, 0.717) is 0 Å². The van der Waals surface area contributed by atoms with Crippen LogP contribution < -0.4 is 0 Å². The normalized spacial score (nSPS) is 20.1. The van der Waals surface area contributed by atoms with Crippen molar-refractivity contribution < 1.29 is 14.7 Å². The topological polar surface area (TPSA) is 60.9 Å². The molecule has 1 N–H and O–H groups in total. The van der Waals surface area contributed by atoms with Crippen molar-refractivity contribution in [1.29, 1.82) is 0 Å². The number of likely N-dealkylation sites (N-methyl/N-ethyl adjacent to an activating group) is 1. The Morgan fingerprint density at radius 1 is 1.19 bits per heavy atom. The molecule has 0 radical (unpaired) electrons. The van der Waals surface area contributed by atoms with Crippen molar-refractivity contribution in [3.63, 3.8) is 0 Å². The number of hydrogen-bond acceptors (Lipinski definition) is 4. The van der Waals surface area contributed by atoms with Crippen molar-refractivity contribution in [3.05, 3.63) is 30.3 Å². The van der Waals surface area contributed by atoms with E-state index in [1.165, 1.54) is 4.90 Å². The molecule has 1 aliphatic heterocycles. The summed E-state index contributed by atoms with van der Waals surface area (Å²) in [6, 6.07) is 10.5. The predicted octanol–water partition coefficient (Wildman–Crippen LogP) is 3.49. The SMILES string of the molecule is CCN(CC(=O)O)C1CCN(C(=O)C2(Sc3ccccc3)CCCC2)CC1. The van der Waals surface area contributed by atoms with Gasteiger partial charge in [0.1, 0.15) is 0 Å². The number of thioether (sulfide) groups is 1. The van der Waals surface area contributed by atoms with E-state index >= 15 is 0 Å². The van der Waals surface area contributed by atoms with Crippen molar-refractivity contribution in [3.8, 4) is 0 Å². The molecular formula is C21H30N2O3S. The van der Waals surface area contributed by atoms with Crippen molar-refractivity contribution in [2.24, 2.45) is 0 Å². The minimum Gasteiger partial charge on any atom is -0.480 e. The molecule has 0 unspecified atom stereocenters. The van der Waals surface area contributed by atoms with Crippen LogP contribution in [0.15, 0.2) is 35.2 Å². The first-order valence-electron chi connectivity index (χ1n) is 10.0. The van der Waals surface area contributed by atoms with Gasteiger partial charge < -0.3 is 10.0 Å². The third-order valence-electron chi connectivity index (χ3n) is 5.87. The molecular weight excluding hydrogens is 360 g/mol. The Morgan fingerprint density at radius 2 is 1.81 bits per heavy atom. The zero-order valence-electron chi connectivity index (χ0n) is 16.1. The number of benzene rings is 1. The van der Waals surface area contributed by atoms with Gasteiger partial charge in [-0.1, -0.05) is 38.0 Å². The smallest absolute Gasteiger partial charge is 0.317 e. The van der Waals surface area contributed by atoms with Gasteiger partial charge in [-0.2, -0.15) is 0 Å². The second-order valence-corrected chi connectivity index (χ2v) is 9.05. The first-order chi connectivity index (χ1) is 13.0. The second-order valence-electron chi connectivity index (χ2n) is 7.60. The van der Waals surface area contributed by atoms with Gasteiger partial charge in [0.15, 0.2) is 0 Å². The summed E-state index contributed by atoms with van der Waals surface area (Å²) in [5, 5.41) is 9.09. The van der Waals surface area contributed by atoms with Gasteiger partial charge in [-0.25, -0.2) is 0 Å². The molecule has 27 heavy (non-hydrogen) atoms. The van der Waals surface area contributed by atoms with E-state index < -0.39 is 5.97 Å². The molecule has 148 valence electrons. The molecule has 6 heteroatoms. The molecule has 3 rings (SSSR count). The van der Waals surface area contributed by atoms with E-state index in [-0.39, 0.29) is 23.2 Å². The molecule has 0 spiro atoms. The van der Waals surface area contributed by atoms with Gasteiger partial charge in [0.25, 0.3) is 0 Å². The summed E-state index contributed by atoms with van der Waals surface area (Å²) in [5.41, 5.74) is 0. The lowest BCUT2D eigenvalue weighted by atomic mass is 9.99. The van der Waals surface area contributed by atoms with Crippen LogP contribution in [0.3, 0.4) is 0 Å². The number of amides is 1. The van der Waals surface area contributed by atoms with E-state index in [0.717, 1.165) is 58.2 Å². The Hall–Kier alpha value is -1.53. The van der Waals surface area contributed by atoms with E-state index in [4.69, 9.17) is 5.11 Å². The van der Waals surface area contributed by atoms with Crippen LogP contribution in [0.2, 0.25) is 0 Å². The minimum atomic E-state index is -0.778. The summed E-state index contributed by atoms with van der Waals surface area (Å²) in [7, 11) is 0. The molecule has 1 saturated carbocycles. The molecule has 1 aromatic carbocycles. The second kappa shape index (κ2) is 9.11. The summed E-state index contributed by atoms with van der Waals surface area (Å²) in [4.78, 5) is 29.7. The van der Waals surface area contributed by atoms with Gasteiger partial charge in [-0.3, -0.25) is 14.5 Å². The highest BCUT2D eigenvalue weighted by molar-refractivity contribution is 8.01. The summed E-state index contributed by atoms with van der Waals surface area (Å²) in [5.74, 6) is -0.492. The molecule has 1 heterocycles. The summed E-state index contributed by atoms with van der Waals surface area (Å²) < 4.78 is -0.320. The van der Waals surface area contributed by atoms with Crippen LogP contribution in [-0.4, -0.2) is 63.8 Å². The minimum absolute atomic E-state index is 0.0862. The van der Waals surface area contributed by atoms with E-state index in [2.05, 4.69) is 12.1 Å². The predicted molar refractivity (Wildman–Crippen MR) is 108 cm³/mol. The lowest BCUT2D eigenvalue weighted by molar-refractivity contribution is -0.140. The third-order valence-corrected chi connectivity index (χ3v) is 7.35. The van der Waals surface area contributed by atoms with Crippen LogP contribution in [0.4, 0.5) is 0 Å². The van der Waals surface area contributed by atoms with Crippen LogP contribution in [-0.2, 0) is 9.59 Å². The van der Waals surface area contributed by atoms with Gasteiger partial charge in [0, 0.05) is 24.0 Å². The molecule has 5 nitrogen and oxygen atoms in total. The molecule has 1 aliphatic carbocycles. The van der Waals surface area contributed by atoms with Gasteiger partial charge in [-0.15, -0.1) is 11.8 Å². The molecule has 1 aromatic rings. The number of carbonyl (C=O) groups is 2. The Kier molecular flexibility index (Phi) is 6.82. The standard InChI is InChI=1S/C21H30N2O3S/c1-2-22(16-19(24)25)17-10-14-23(15-11-17)20(26)21(12-6-7-13-21)27-18-8-4-3-5-9-18/h3-5,8-9,17H,2,6-7,10-16H2,1H3,(H,24,25). The Morgan fingerprint density at radius 3 is 2.37 bits per heavy atom. The van der Waals surface area contributed by atoms with Crippen LogP contribution in [0.5, 0.6) is 0 Å². The number of carboxylic acid groups (broad SMARTS) is 1. The summed E-state index contributed by atoms with van der Waals surface area (Å²) in [6.07, 6.45) is 5.85. The average molecular weight is 391 g/mol. The molecule has 0 aromatic heterocycles. The lowest BCUT2D eigenvalue weighted by Gasteiger charge is -2.41. The Balaban J connectivity index is 1.64. The maximum absolute atomic E-state index is 13.4. The van der Waals surface area contributed by atoms with Crippen molar-refractivity contribution in [2.45, 2.75) is 61.1 Å². The molecule has 2 fully saturated rings. The van der Waals surface area contributed by atoms with E-state index in [1.54, 1.807) is 11.8 Å². The van der Waals surface area contributed by atoms with Crippen LogP contribution >= 0.6 is 11.8 Å². The average Bonchev–Trinajstić information content (AvgIpc) is 3.16. The molecule has 1 amide bonds. The molecule has 2 aliphatic rings. The van der Waals surface area contributed by atoms with E-state index in [1.807, 2.05) is 34.9 Å². The van der Waals surface area contributed by atoms with Crippen LogP contribution in [0.1, 0.15) is 45.4 Å². The van der Waals surface area contributed by atoms with Crippen LogP contribution in [0.25, 0.3) is 0 Å².